The minimum atomic E-state index is 0.0519. The van der Waals surface area contributed by atoms with Gasteiger partial charge in [-0.1, -0.05) is 10.3 Å². The lowest BCUT2D eigenvalue weighted by Gasteiger charge is -2.31. The van der Waals surface area contributed by atoms with E-state index in [4.69, 9.17) is 9.05 Å². The number of aromatic nitrogens is 3. The van der Waals surface area contributed by atoms with E-state index >= 15 is 0 Å². The molecule has 1 saturated heterocycles. The van der Waals surface area contributed by atoms with E-state index in [2.05, 4.69) is 15.3 Å². The van der Waals surface area contributed by atoms with E-state index in [1.54, 1.807) is 13.0 Å². The molecule has 1 aliphatic rings. The Hall–Kier alpha value is -2.18. The molecule has 1 amide bonds. The van der Waals surface area contributed by atoms with Crippen LogP contribution in [0.2, 0.25) is 0 Å². The summed E-state index contributed by atoms with van der Waals surface area (Å²) in [6, 6.07) is 1.79. The summed E-state index contributed by atoms with van der Waals surface area (Å²) in [5.41, 5.74) is 0.789. The van der Waals surface area contributed by atoms with Crippen LogP contribution in [0.15, 0.2) is 15.1 Å². The lowest BCUT2D eigenvalue weighted by atomic mass is 9.97. The highest BCUT2D eigenvalue weighted by Crippen LogP contribution is 2.25. The summed E-state index contributed by atoms with van der Waals surface area (Å²) in [4.78, 5) is 18.4. The summed E-state index contributed by atoms with van der Waals surface area (Å²) < 4.78 is 10.1. The molecule has 3 heterocycles. The molecule has 7 nitrogen and oxygen atoms in total. The second-order valence-electron chi connectivity index (χ2n) is 5.46. The fraction of sp³-hybridized carbons (Fsp3) is 0.571. The van der Waals surface area contributed by atoms with Crippen molar-refractivity contribution in [1.29, 1.82) is 0 Å². The molecule has 3 rings (SSSR count). The van der Waals surface area contributed by atoms with Crippen LogP contribution in [0.3, 0.4) is 0 Å². The molecule has 0 aliphatic carbocycles. The summed E-state index contributed by atoms with van der Waals surface area (Å²) in [5.74, 6) is 2.06. The van der Waals surface area contributed by atoms with E-state index in [0.717, 1.165) is 25.1 Å². The van der Waals surface area contributed by atoms with E-state index in [1.165, 1.54) is 0 Å². The molecule has 7 heteroatoms. The van der Waals surface area contributed by atoms with Gasteiger partial charge < -0.3 is 13.9 Å². The first-order valence-corrected chi connectivity index (χ1v) is 7.12. The zero-order valence-electron chi connectivity index (χ0n) is 12.2. The van der Waals surface area contributed by atoms with Crippen LogP contribution in [-0.2, 0) is 11.2 Å². The molecule has 0 spiro atoms. The number of carbonyl (C=O) groups is 1. The number of hydrogen-bond donors (Lipinski definition) is 0. The van der Waals surface area contributed by atoms with Gasteiger partial charge in [-0.25, -0.2) is 0 Å². The minimum Gasteiger partial charge on any atom is -0.361 e. The highest BCUT2D eigenvalue weighted by atomic mass is 16.5. The Morgan fingerprint density at radius 1 is 1.38 bits per heavy atom. The average molecular weight is 290 g/mol. The third-order valence-electron chi connectivity index (χ3n) is 3.68. The number of carbonyl (C=O) groups excluding carboxylic acids is 1. The molecule has 112 valence electrons. The molecule has 0 N–H and O–H groups in total. The van der Waals surface area contributed by atoms with Crippen LogP contribution in [-0.4, -0.2) is 39.2 Å². The number of rotatable bonds is 3. The highest BCUT2D eigenvalue weighted by molar-refractivity contribution is 5.78. The molecule has 1 fully saturated rings. The Labute approximate surface area is 122 Å². The number of amides is 1. The number of piperidine rings is 1. The van der Waals surface area contributed by atoms with Crippen LogP contribution < -0.4 is 0 Å². The first-order chi connectivity index (χ1) is 10.1. The average Bonchev–Trinajstić information content (AvgIpc) is 3.08. The van der Waals surface area contributed by atoms with E-state index in [9.17, 15) is 4.79 Å². The SMILES string of the molecule is Cc1cc(CC(=O)N2CCCC(c3noc(C)n3)C2)on1. The molecule has 0 radical (unpaired) electrons. The second-order valence-corrected chi connectivity index (χ2v) is 5.46. The normalized spacial score (nSPS) is 19.0. The maximum Gasteiger partial charge on any atom is 0.230 e. The van der Waals surface area contributed by atoms with Crippen LogP contribution in [0.5, 0.6) is 0 Å². The summed E-state index contributed by atoms with van der Waals surface area (Å²) in [7, 11) is 0. The van der Waals surface area contributed by atoms with Crippen molar-refractivity contribution in [3.8, 4) is 0 Å². The van der Waals surface area contributed by atoms with E-state index < -0.39 is 0 Å². The molecule has 2 aromatic heterocycles. The van der Waals surface area contributed by atoms with Crippen LogP contribution in [0, 0.1) is 13.8 Å². The zero-order valence-corrected chi connectivity index (χ0v) is 12.2. The Morgan fingerprint density at radius 3 is 2.90 bits per heavy atom. The van der Waals surface area contributed by atoms with Gasteiger partial charge in [0.05, 0.1) is 12.1 Å². The number of aryl methyl sites for hydroxylation is 2. The molecule has 2 aromatic rings. The Bertz CT molecular complexity index is 634. The monoisotopic (exact) mass is 290 g/mol. The van der Waals surface area contributed by atoms with Crippen molar-refractivity contribution in [1.82, 2.24) is 20.2 Å². The summed E-state index contributed by atoms with van der Waals surface area (Å²) in [6.07, 6.45) is 2.17. The lowest BCUT2D eigenvalue weighted by molar-refractivity contribution is -0.132. The molecule has 21 heavy (non-hydrogen) atoms. The standard InChI is InChI=1S/C14H18N4O3/c1-9-6-12(21-16-9)7-13(19)18-5-3-4-11(8-18)14-15-10(2)20-17-14/h6,11H,3-5,7-8H2,1-2H3. The predicted octanol–water partition coefficient (Wildman–Crippen LogP) is 1.62. The quantitative estimate of drug-likeness (QED) is 0.854. The predicted molar refractivity (Wildman–Crippen MR) is 72.5 cm³/mol. The van der Waals surface area contributed by atoms with Crippen molar-refractivity contribution >= 4 is 5.91 Å². The van der Waals surface area contributed by atoms with Gasteiger partial charge in [0.1, 0.15) is 5.76 Å². The third kappa shape index (κ3) is 3.12. The van der Waals surface area contributed by atoms with Gasteiger partial charge in [-0.3, -0.25) is 4.79 Å². The molecular weight excluding hydrogens is 272 g/mol. The van der Waals surface area contributed by atoms with Crippen molar-refractivity contribution in [2.24, 2.45) is 0 Å². The van der Waals surface area contributed by atoms with Crippen molar-refractivity contribution in [2.45, 2.75) is 39.0 Å². The number of hydrogen-bond acceptors (Lipinski definition) is 6. The van der Waals surface area contributed by atoms with E-state index in [0.29, 0.717) is 24.0 Å². The van der Waals surface area contributed by atoms with E-state index in [1.807, 2.05) is 11.8 Å². The van der Waals surface area contributed by atoms with Crippen molar-refractivity contribution in [2.75, 3.05) is 13.1 Å². The summed E-state index contributed by atoms with van der Waals surface area (Å²) in [6.45, 7) is 5.01. The number of nitrogens with zero attached hydrogens (tertiary/aromatic N) is 4. The van der Waals surface area contributed by atoms with Crippen molar-refractivity contribution in [3.63, 3.8) is 0 Å². The van der Waals surface area contributed by atoms with Gasteiger partial charge in [0, 0.05) is 32.0 Å². The van der Waals surface area contributed by atoms with Gasteiger partial charge in [-0.15, -0.1) is 0 Å². The van der Waals surface area contributed by atoms with Crippen molar-refractivity contribution < 1.29 is 13.8 Å². The molecular formula is C14H18N4O3. The Balaban J connectivity index is 1.64. The zero-order chi connectivity index (χ0) is 14.8. The van der Waals surface area contributed by atoms with Gasteiger partial charge >= 0.3 is 0 Å². The molecule has 1 atom stereocenters. The van der Waals surface area contributed by atoms with Crippen LogP contribution in [0.25, 0.3) is 0 Å². The van der Waals surface area contributed by atoms with Crippen LogP contribution in [0.1, 0.15) is 41.9 Å². The third-order valence-corrected chi connectivity index (χ3v) is 3.68. The second kappa shape index (κ2) is 5.67. The first kappa shape index (κ1) is 13.8. The molecule has 1 unspecified atom stereocenters. The Kier molecular flexibility index (Phi) is 3.72. The van der Waals surface area contributed by atoms with Gasteiger partial charge in [0.15, 0.2) is 5.82 Å². The van der Waals surface area contributed by atoms with Gasteiger partial charge in [-0.2, -0.15) is 4.98 Å². The summed E-state index contributed by atoms with van der Waals surface area (Å²) in [5, 5.41) is 7.77. The van der Waals surface area contributed by atoms with Crippen LogP contribution >= 0.6 is 0 Å². The molecule has 0 saturated carbocycles. The summed E-state index contributed by atoms with van der Waals surface area (Å²) >= 11 is 0. The molecule has 0 bridgehead atoms. The number of likely N-dealkylation sites (tertiary alicyclic amines) is 1. The van der Waals surface area contributed by atoms with Crippen LogP contribution in [0.4, 0.5) is 0 Å². The van der Waals surface area contributed by atoms with E-state index in [-0.39, 0.29) is 18.2 Å². The topological polar surface area (TPSA) is 85.3 Å². The first-order valence-electron chi connectivity index (χ1n) is 7.12. The highest BCUT2D eigenvalue weighted by Gasteiger charge is 2.28. The fourth-order valence-corrected chi connectivity index (χ4v) is 2.66. The van der Waals surface area contributed by atoms with Crippen molar-refractivity contribution in [3.05, 3.63) is 29.2 Å². The van der Waals surface area contributed by atoms with Gasteiger partial charge in [0.2, 0.25) is 11.8 Å². The van der Waals surface area contributed by atoms with Gasteiger partial charge in [-0.05, 0) is 19.8 Å². The molecule has 0 aromatic carbocycles. The maximum atomic E-state index is 12.3. The largest absolute Gasteiger partial charge is 0.361 e. The minimum absolute atomic E-state index is 0.0519. The van der Waals surface area contributed by atoms with Gasteiger partial charge in [0.25, 0.3) is 0 Å². The molecule has 1 aliphatic heterocycles. The fourth-order valence-electron chi connectivity index (χ4n) is 2.66. The lowest BCUT2D eigenvalue weighted by Crippen LogP contribution is -2.40. The maximum absolute atomic E-state index is 12.3. The Morgan fingerprint density at radius 2 is 2.24 bits per heavy atom. The smallest absolute Gasteiger partial charge is 0.230 e.